The maximum atomic E-state index is 13.3. The molecule has 1 unspecified atom stereocenters. The molecular formula is C21H32N4O4S. The number of thiophene rings is 1. The van der Waals surface area contributed by atoms with Gasteiger partial charge in [0.2, 0.25) is 5.91 Å². The summed E-state index contributed by atoms with van der Waals surface area (Å²) >= 11 is 1.36. The highest BCUT2D eigenvalue weighted by Crippen LogP contribution is 2.24. The summed E-state index contributed by atoms with van der Waals surface area (Å²) in [6.07, 6.45) is 1.34. The minimum atomic E-state index is -0.592. The van der Waals surface area contributed by atoms with Crippen LogP contribution in [0.2, 0.25) is 0 Å². The molecule has 8 nitrogen and oxygen atoms in total. The van der Waals surface area contributed by atoms with Gasteiger partial charge in [-0.05, 0) is 51.0 Å². The van der Waals surface area contributed by atoms with E-state index in [9.17, 15) is 14.4 Å². The van der Waals surface area contributed by atoms with Crippen molar-refractivity contribution in [1.29, 1.82) is 0 Å². The average molecular weight is 437 g/mol. The summed E-state index contributed by atoms with van der Waals surface area (Å²) in [7, 11) is 0. The minimum absolute atomic E-state index is 0.0112. The third-order valence-corrected chi connectivity index (χ3v) is 6.27. The summed E-state index contributed by atoms with van der Waals surface area (Å²) in [5.74, 6) is -0.284. The van der Waals surface area contributed by atoms with Gasteiger partial charge >= 0.3 is 6.03 Å². The first-order chi connectivity index (χ1) is 14.2. The zero-order valence-electron chi connectivity index (χ0n) is 18.0. The van der Waals surface area contributed by atoms with Gasteiger partial charge in [-0.25, -0.2) is 4.79 Å². The first kappa shape index (κ1) is 22.6. The van der Waals surface area contributed by atoms with Gasteiger partial charge in [0.1, 0.15) is 6.04 Å². The molecule has 1 aromatic heterocycles. The first-order valence-electron chi connectivity index (χ1n) is 10.5. The van der Waals surface area contributed by atoms with Gasteiger partial charge in [0, 0.05) is 31.7 Å². The van der Waals surface area contributed by atoms with Crippen molar-refractivity contribution in [2.24, 2.45) is 5.92 Å². The predicted octanol–water partition coefficient (Wildman–Crippen LogP) is 1.93. The fraction of sp³-hybridized carbons (Fsp3) is 0.667. The summed E-state index contributed by atoms with van der Waals surface area (Å²) in [6.45, 7) is 9.10. The van der Waals surface area contributed by atoms with Gasteiger partial charge < -0.3 is 25.2 Å². The van der Waals surface area contributed by atoms with E-state index in [1.165, 1.54) is 11.3 Å². The molecule has 2 N–H and O–H groups in total. The molecule has 1 aromatic rings. The number of nitrogens with one attached hydrogen (secondary N) is 2. The molecule has 2 aliphatic heterocycles. The largest absolute Gasteiger partial charge is 0.378 e. The van der Waals surface area contributed by atoms with E-state index in [0.717, 1.165) is 0 Å². The normalized spacial score (nSPS) is 19.3. The van der Waals surface area contributed by atoms with Gasteiger partial charge in [0.05, 0.1) is 18.1 Å². The Morgan fingerprint density at radius 1 is 1.10 bits per heavy atom. The summed E-state index contributed by atoms with van der Waals surface area (Å²) in [4.78, 5) is 42.6. The van der Waals surface area contributed by atoms with Crippen molar-refractivity contribution in [3.63, 3.8) is 0 Å². The van der Waals surface area contributed by atoms with E-state index >= 15 is 0 Å². The van der Waals surface area contributed by atoms with E-state index in [-0.39, 0.29) is 29.3 Å². The molecular weight excluding hydrogens is 404 g/mol. The quantitative estimate of drug-likeness (QED) is 0.755. The van der Waals surface area contributed by atoms with Gasteiger partial charge in [0.25, 0.3) is 5.91 Å². The average Bonchev–Trinajstić information content (AvgIpc) is 3.26. The lowest BCUT2D eigenvalue weighted by Gasteiger charge is -2.39. The number of carbonyl (C=O) groups is 3. The highest BCUT2D eigenvalue weighted by Gasteiger charge is 2.37. The molecule has 0 spiro atoms. The van der Waals surface area contributed by atoms with Crippen molar-refractivity contribution in [2.45, 2.75) is 45.2 Å². The van der Waals surface area contributed by atoms with Crippen LogP contribution in [-0.2, 0) is 9.53 Å². The van der Waals surface area contributed by atoms with Crippen molar-refractivity contribution in [1.82, 2.24) is 20.4 Å². The summed E-state index contributed by atoms with van der Waals surface area (Å²) in [6, 6.07) is 2.91. The molecule has 2 saturated heterocycles. The van der Waals surface area contributed by atoms with Crippen LogP contribution in [0.4, 0.5) is 4.79 Å². The van der Waals surface area contributed by atoms with Crippen molar-refractivity contribution >= 4 is 29.2 Å². The third-order valence-electron chi connectivity index (χ3n) is 5.40. The number of ether oxygens (including phenoxy) is 1. The van der Waals surface area contributed by atoms with Gasteiger partial charge in [-0.3, -0.25) is 9.59 Å². The zero-order chi connectivity index (χ0) is 21.7. The van der Waals surface area contributed by atoms with Crippen LogP contribution < -0.4 is 10.6 Å². The topological polar surface area (TPSA) is 91.0 Å². The second-order valence-electron chi connectivity index (χ2n) is 8.87. The fourth-order valence-corrected chi connectivity index (χ4v) is 4.44. The third kappa shape index (κ3) is 5.95. The Morgan fingerprint density at radius 2 is 1.77 bits per heavy atom. The number of morpholine rings is 1. The number of hydrogen-bond acceptors (Lipinski definition) is 5. The first-order valence-corrected chi connectivity index (χ1v) is 11.4. The van der Waals surface area contributed by atoms with Crippen LogP contribution in [-0.4, -0.2) is 78.6 Å². The van der Waals surface area contributed by atoms with Crippen LogP contribution in [0.5, 0.6) is 0 Å². The lowest BCUT2D eigenvalue weighted by atomic mass is 9.88. The lowest BCUT2D eigenvalue weighted by Crippen LogP contribution is -2.57. The van der Waals surface area contributed by atoms with Crippen LogP contribution in [0.1, 0.15) is 43.3 Å². The van der Waals surface area contributed by atoms with Crippen LogP contribution in [0.25, 0.3) is 0 Å². The van der Waals surface area contributed by atoms with Crippen LogP contribution in [0.3, 0.4) is 0 Å². The molecule has 3 heterocycles. The van der Waals surface area contributed by atoms with E-state index in [2.05, 4.69) is 10.6 Å². The van der Waals surface area contributed by atoms with E-state index in [1.807, 2.05) is 32.2 Å². The monoisotopic (exact) mass is 436 g/mol. The Labute approximate surface area is 181 Å². The van der Waals surface area contributed by atoms with Gasteiger partial charge in [-0.2, -0.15) is 0 Å². The zero-order valence-corrected chi connectivity index (χ0v) is 18.8. The summed E-state index contributed by atoms with van der Waals surface area (Å²) in [5.41, 5.74) is -0.294. The summed E-state index contributed by atoms with van der Waals surface area (Å²) in [5, 5.41) is 7.82. The number of nitrogens with zero attached hydrogens (tertiary/aromatic N) is 2. The second kappa shape index (κ2) is 9.78. The number of piperidine rings is 1. The van der Waals surface area contributed by atoms with E-state index in [1.54, 1.807) is 15.9 Å². The summed E-state index contributed by atoms with van der Waals surface area (Å²) < 4.78 is 5.36. The van der Waals surface area contributed by atoms with Crippen molar-refractivity contribution < 1.29 is 19.1 Å². The molecule has 0 saturated carbocycles. The van der Waals surface area contributed by atoms with E-state index < -0.39 is 6.04 Å². The molecule has 2 aliphatic rings. The Hall–Kier alpha value is -2.13. The van der Waals surface area contributed by atoms with Crippen LogP contribution in [0.15, 0.2) is 17.5 Å². The molecule has 30 heavy (non-hydrogen) atoms. The maximum Gasteiger partial charge on any atom is 0.317 e. The Morgan fingerprint density at radius 3 is 2.33 bits per heavy atom. The molecule has 0 radical (unpaired) electrons. The highest BCUT2D eigenvalue weighted by atomic mass is 32.1. The maximum absolute atomic E-state index is 13.3. The Kier molecular flexibility index (Phi) is 7.36. The van der Waals surface area contributed by atoms with Gasteiger partial charge in [-0.1, -0.05) is 6.07 Å². The second-order valence-corrected chi connectivity index (χ2v) is 9.82. The molecule has 0 bridgehead atoms. The van der Waals surface area contributed by atoms with Crippen molar-refractivity contribution in [3.8, 4) is 0 Å². The number of carbonyl (C=O) groups excluding carboxylic acids is 3. The molecule has 1 atom stereocenters. The Bertz CT molecular complexity index is 733. The van der Waals surface area contributed by atoms with E-state index in [0.29, 0.717) is 57.1 Å². The molecule has 4 amide bonds. The fourth-order valence-electron chi connectivity index (χ4n) is 3.82. The van der Waals surface area contributed by atoms with Gasteiger partial charge in [0.15, 0.2) is 0 Å². The number of urea groups is 1. The highest BCUT2D eigenvalue weighted by molar-refractivity contribution is 7.12. The number of amides is 4. The standard InChI is InChI=1S/C21H32N4O4S/c1-21(2,3)23-20(28)25-8-6-15(7-9-25)17(19(27)24-10-12-29-13-11-24)22-18(26)16-5-4-14-30-16/h4-5,14-15,17H,6-13H2,1-3H3,(H,22,26)(H,23,28). The SMILES string of the molecule is CC(C)(C)NC(=O)N1CCC(C(NC(=O)c2cccs2)C(=O)N2CCOCC2)CC1. The minimum Gasteiger partial charge on any atom is -0.378 e. The van der Waals surface area contributed by atoms with Crippen LogP contribution in [0, 0.1) is 5.92 Å². The van der Waals surface area contributed by atoms with Crippen LogP contribution >= 0.6 is 11.3 Å². The smallest absolute Gasteiger partial charge is 0.317 e. The number of likely N-dealkylation sites (tertiary alicyclic amines) is 1. The van der Waals surface area contributed by atoms with Crippen molar-refractivity contribution in [3.05, 3.63) is 22.4 Å². The molecule has 3 rings (SSSR count). The molecule has 2 fully saturated rings. The molecule has 9 heteroatoms. The number of rotatable bonds is 4. The van der Waals surface area contributed by atoms with E-state index in [4.69, 9.17) is 4.74 Å². The molecule has 0 aromatic carbocycles. The predicted molar refractivity (Wildman–Crippen MR) is 116 cm³/mol. The van der Waals surface area contributed by atoms with Crippen molar-refractivity contribution in [2.75, 3.05) is 39.4 Å². The lowest BCUT2D eigenvalue weighted by molar-refractivity contribution is -0.139. The van der Waals surface area contributed by atoms with Gasteiger partial charge in [-0.15, -0.1) is 11.3 Å². The Balaban J connectivity index is 1.66. The number of hydrogen-bond donors (Lipinski definition) is 2. The molecule has 0 aliphatic carbocycles. The molecule has 166 valence electrons.